The van der Waals surface area contributed by atoms with Crippen molar-refractivity contribution in [1.29, 1.82) is 0 Å². The lowest BCUT2D eigenvalue weighted by Crippen LogP contribution is -2.29. The van der Waals surface area contributed by atoms with E-state index in [1.54, 1.807) is 31.4 Å². The summed E-state index contributed by atoms with van der Waals surface area (Å²) < 4.78 is 5.03. The van der Waals surface area contributed by atoms with Crippen LogP contribution in [0.3, 0.4) is 0 Å². The van der Waals surface area contributed by atoms with Gasteiger partial charge >= 0.3 is 0 Å². The summed E-state index contributed by atoms with van der Waals surface area (Å²) in [5, 5.41) is 2.75. The summed E-state index contributed by atoms with van der Waals surface area (Å²) >= 11 is 0. The highest BCUT2D eigenvalue weighted by molar-refractivity contribution is 5.98. The van der Waals surface area contributed by atoms with Crippen LogP contribution in [0, 0.1) is 0 Å². The number of amides is 1. The maximum Gasteiger partial charge on any atom is 0.220 e. The van der Waals surface area contributed by atoms with E-state index in [1.807, 2.05) is 6.92 Å². The second-order valence-electron chi connectivity index (χ2n) is 4.77. The minimum absolute atomic E-state index is 0.0463. The number of nitrogens with two attached hydrogens (primary N) is 1. The molecule has 1 aromatic carbocycles. The van der Waals surface area contributed by atoms with Crippen molar-refractivity contribution in [2.75, 3.05) is 13.7 Å². The topological polar surface area (TPSA) is 81.4 Å². The molecule has 1 unspecified atom stereocenters. The van der Waals surface area contributed by atoms with Crippen LogP contribution in [-0.4, -0.2) is 31.4 Å². The van der Waals surface area contributed by atoms with Gasteiger partial charge < -0.3 is 15.8 Å². The van der Waals surface area contributed by atoms with Gasteiger partial charge in [0.25, 0.3) is 0 Å². The van der Waals surface area contributed by atoms with E-state index in [0.29, 0.717) is 17.9 Å². The first-order valence-corrected chi connectivity index (χ1v) is 6.72. The maximum absolute atomic E-state index is 11.9. The van der Waals surface area contributed by atoms with Crippen LogP contribution in [0.4, 0.5) is 0 Å². The van der Waals surface area contributed by atoms with Crippen LogP contribution in [0.5, 0.6) is 5.75 Å². The molecule has 1 aromatic rings. The molecule has 0 fully saturated rings. The number of hydrogen-bond donors (Lipinski definition) is 2. The van der Waals surface area contributed by atoms with Crippen molar-refractivity contribution in [3.63, 3.8) is 0 Å². The molecule has 1 rings (SSSR count). The molecule has 0 heterocycles. The van der Waals surface area contributed by atoms with E-state index in [-0.39, 0.29) is 30.6 Å². The summed E-state index contributed by atoms with van der Waals surface area (Å²) in [6, 6.07) is 6.94. The van der Waals surface area contributed by atoms with Gasteiger partial charge in [0.2, 0.25) is 5.91 Å². The van der Waals surface area contributed by atoms with Gasteiger partial charge in [-0.05, 0) is 37.6 Å². The Balaban J connectivity index is 2.33. The zero-order valence-corrected chi connectivity index (χ0v) is 12.0. The van der Waals surface area contributed by atoms with Crippen LogP contribution in [0.25, 0.3) is 0 Å². The van der Waals surface area contributed by atoms with E-state index < -0.39 is 0 Å². The molecule has 3 N–H and O–H groups in total. The van der Waals surface area contributed by atoms with E-state index in [9.17, 15) is 9.59 Å². The molecule has 0 saturated heterocycles. The van der Waals surface area contributed by atoms with Crippen LogP contribution in [0.2, 0.25) is 0 Å². The Labute approximate surface area is 119 Å². The Bertz CT molecular complexity index is 441. The van der Waals surface area contributed by atoms with Crippen molar-refractivity contribution < 1.29 is 14.3 Å². The third kappa shape index (κ3) is 5.84. The van der Waals surface area contributed by atoms with Crippen LogP contribution in [0.15, 0.2) is 24.3 Å². The highest BCUT2D eigenvalue weighted by atomic mass is 16.5. The quantitative estimate of drug-likeness (QED) is 0.706. The lowest BCUT2D eigenvalue weighted by atomic mass is 10.1. The normalized spacial score (nSPS) is 11.8. The number of nitrogens with one attached hydrogen (secondary N) is 1. The number of methoxy groups -OCH3 is 1. The minimum atomic E-state index is -0.118. The number of benzene rings is 1. The lowest BCUT2D eigenvalue weighted by Gasteiger charge is -2.07. The highest BCUT2D eigenvalue weighted by Gasteiger charge is 2.09. The number of Topliss-reactive ketones (excluding diaryl/α,β-unsaturated/α-hetero) is 1. The molecule has 0 spiro atoms. The SMILES string of the molecule is COc1ccc(C(=O)CCC(=O)NCCC(C)N)cc1. The Kier molecular flexibility index (Phi) is 6.73. The van der Waals surface area contributed by atoms with E-state index in [1.165, 1.54) is 0 Å². The summed E-state index contributed by atoms with van der Waals surface area (Å²) in [5.41, 5.74) is 6.18. The Hall–Kier alpha value is -1.88. The highest BCUT2D eigenvalue weighted by Crippen LogP contribution is 2.13. The van der Waals surface area contributed by atoms with Crippen LogP contribution in [-0.2, 0) is 4.79 Å². The molecule has 1 amide bonds. The number of rotatable bonds is 8. The summed E-state index contributed by atoms with van der Waals surface area (Å²) in [5.74, 6) is 0.540. The predicted octanol–water partition coefficient (Wildman–Crippen LogP) is 1.51. The fourth-order valence-corrected chi connectivity index (χ4v) is 1.68. The fourth-order valence-electron chi connectivity index (χ4n) is 1.68. The van der Waals surface area contributed by atoms with Crippen LogP contribution in [0.1, 0.15) is 36.5 Å². The number of carbonyl (C=O) groups excluding carboxylic acids is 2. The third-order valence-corrected chi connectivity index (χ3v) is 2.91. The van der Waals surface area contributed by atoms with E-state index in [2.05, 4.69) is 5.32 Å². The van der Waals surface area contributed by atoms with Crippen molar-refractivity contribution in [2.45, 2.75) is 32.2 Å². The molecule has 0 aromatic heterocycles. The first-order chi connectivity index (χ1) is 9.52. The Morgan fingerprint density at radius 3 is 2.45 bits per heavy atom. The molecule has 0 aliphatic carbocycles. The van der Waals surface area contributed by atoms with Gasteiger partial charge in [0.15, 0.2) is 5.78 Å². The summed E-state index contributed by atoms with van der Waals surface area (Å²) in [6.07, 6.45) is 1.14. The predicted molar refractivity (Wildman–Crippen MR) is 77.8 cm³/mol. The van der Waals surface area contributed by atoms with Gasteiger partial charge in [-0.2, -0.15) is 0 Å². The smallest absolute Gasteiger partial charge is 0.220 e. The van der Waals surface area contributed by atoms with Gasteiger partial charge in [0.05, 0.1) is 7.11 Å². The molecule has 0 bridgehead atoms. The molecule has 1 atom stereocenters. The molecule has 20 heavy (non-hydrogen) atoms. The van der Waals surface area contributed by atoms with Crippen molar-refractivity contribution in [3.8, 4) is 5.75 Å². The molecular formula is C15H22N2O3. The molecule has 0 radical (unpaired) electrons. The van der Waals surface area contributed by atoms with Gasteiger partial charge in [-0.3, -0.25) is 9.59 Å². The first kappa shape index (κ1) is 16.2. The van der Waals surface area contributed by atoms with Crippen LogP contribution < -0.4 is 15.8 Å². The molecule has 0 aliphatic heterocycles. The summed E-state index contributed by atoms with van der Waals surface area (Å²) in [4.78, 5) is 23.4. The van der Waals surface area contributed by atoms with Crippen molar-refractivity contribution in [3.05, 3.63) is 29.8 Å². The van der Waals surface area contributed by atoms with Gasteiger partial charge in [0.1, 0.15) is 5.75 Å². The maximum atomic E-state index is 11.9. The zero-order chi connectivity index (χ0) is 15.0. The zero-order valence-electron chi connectivity index (χ0n) is 12.0. The van der Waals surface area contributed by atoms with Crippen molar-refractivity contribution in [2.24, 2.45) is 5.73 Å². The number of ketones is 1. The Morgan fingerprint density at radius 1 is 1.25 bits per heavy atom. The standard InChI is InChI=1S/C15H22N2O3/c1-11(16)9-10-17-15(19)8-7-14(18)12-3-5-13(20-2)6-4-12/h3-6,11H,7-10,16H2,1-2H3,(H,17,19). The molecular weight excluding hydrogens is 256 g/mol. The average molecular weight is 278 g/mol. The van der Waals surface area contributed by atoms with Crippen molar-refractivity contribution in [1.82, 2.24) is 5.32 Å². The van der Waals surface area contributed by atoms with Gasteiger partial charge in [0, 0.05) is 31.0 Å². The molecule has 110 valence electrons. The van der Waals surface area contributed by atoms with Gasteiger partial charge in [-0.1, -0.05) is 0 Å². The Morgan fingerprint density at radius 2 is 1.90 bits per heavy atom. The second kappa shape index (κ2) is 8.32. The van der Waals surface area contributed by atoms with E-state index >= 15 is 0 Å². The third-order valence-electron chi connectivity index (χ3n) is 2.91. The van der Waals surface area contributed by atoms with E-state index in [0.717, 1.165) is 6.42 Å². The molecule has 5 nitrogen and oxygen atoms in total. The fraction of sp³-hybridized carbons (Fsp3) is 0.467. The summed E-state index contributed by atoms with van der Waals surface area (Å²) in [6.45, 7) is 2.44. The van der Waals surface area contributed by atoms with Crippen molar-refractivity contribution >= 4 is 11.7 Å². The lowest BCUT2D eigenvalue weighted by molar-refractivity contribution is -0.121. The molecule has 0 aliphatic rings. The van der Waals surface area contributed by atoms with E-state index in [4.69, 9.17) is 10.5 Å². The summed E-state index contributed by atoms with van der Waals surface area (Å²) in [7, 11) is 1.57. The second-order valence-corrected chi connectivity index (χ2v) is 4.77. The number of hydrogen-bond acceptors (Lipinski definition) is 4. The minimum Gasteiger partial charge on any atom is -0.497 e. The monoisotopic (exact) mass is 278 g/mol. The van der Waals surface area contributed by atoms with Crippen LogP contribution >= 0.6 is 0 Å². The van der Waals surface area contributed by atoms with Gasteiger partial charge in [-0.15, -0.1) is 0 Å². The molecule has 0 saturated carbocycles. The largest absolute Gasteiger partial charge is 0.497 e. The first-order valence-electron chi connectivity index (χ1n) is 6.72. The number of ether oxygens (including phenoxy) is 1. The average Bonchev–Trinajstić information content (AvgIpc) is 2.44. The van der Waals surface area contributed by atoms with Gasteiger partial charge in [-0.25, -0.2) is 0 Å². The molecule has 5 heteroatoms. The number of carbonyl (C=O) groups is 2.